The van der Waals surface area contributed by atoms with Gasteiger partial charge in [0.1, 0.15) is 9.88 Å². The fraction of sp³-hybridized carbons (Fsp3) is 0. The maximum Gasteiger partial charge on any atom is 0.295 e. The van der Waals surface area contributed by atoms with Crippen molar-refractivity contribution in [3.8, 4) is 0 Å². The van der Waals surface area contributed by atoms with E-state index >= 15 is 0 Å². The van der Waals surface area contributed by atoms with Crippen molar-refractivity contribution < 1.29 is 17.8 Å². The van der Waals surface area contributed by atoms with E-state index < -0.39 is 10.1 Å². The molecule has 0 radical (unpaired) electrons. The van der Waals surface area contributed by atoms with Crippen LogP contribution in [-0.2, 0) is 10.1 Å². The number of hydrogen-bond acceptors (Lipinski definition) is 5. The van der Waals surface area contributed by atoms with Crippen LogP contribution in [0.3, 0.4) is 0 Å². The summed E-state index contributed by atoms with van der Waals surface area (Å²) in [5.41, 5.74) is 0.279. The number of carbonyl (C=O) groups excluding carboxylic acids is 1. The van der Waals surface area contributed by atoms with Crippen LogP contribution in [0.1, 0.15) is 5.56 Å². The molecule has 0 spiro atoms. The van der Waals surface area contributed by atoms with Gasteiger partial charge in [0, 0.05) is 0 Å². The van der Waals surface area contributed by atoms with E-state index in [-0.39, 0.29) is 20.7 Å². The second-order valence-electron chi connectivity index (χ2n) is 3.37. The molecule has 0 atom stereocenters. The van der Waals surface area contributed by atoms with Gasteiger partial charge in [-0.2, -0.15) is 8.42 Å². The van der Waals surface area contributed by atoms with Crippen molar-refractivity contribution in [2.75, 3.05) is 0 Å². The second-order valence-corrected chi connectivity index (χ2v) is 6.18. The average molecular weight is 301 g/mol. The Morgan fingerprint density at radius 2 is 2.00 bits per heavy atom. The standard InChI is InChI=1S/C10H7NO4S3/c12-10-11-9(16)7(17-10)5-6-3-1-2-4-8(6)18(13,14)15/h1-5H,(H,11,12,16)(H,13,14,15)/b7-5+. The summed E-state index contributed by atoms with van der Waals surface area (Å²) in [5.74, 6) is 0. The molecule has 1 amide bonds. The predicted molar refractivity (Wildman–Crippen MR) is 73.0 cm³/mol. The van der Waals surface area contributed by atoms with Gasteiger partial charge in [0.2, 0.25) is 0 Å². The lowest BCUT2D eigenvalue weighted by molar-refractivity contribution is 0.265. The fourth-order valence-electron chi connectivity index (χ4n) is 1.40. The van der Waals surface area contributed by atoms with Crippen LogP contribution in [0.15, 0.2) is 34.1 Å². The van der Waals surface area contributed by atoms with Gasteiger partial charge in [0.15, 0.2) is 0 Å². The minimum Gasteiger partial charge on any atom is -0.307 e. The first-order valence-electron chi connectivity index (χ1n) is 4.69. The molecule has 0 bridgehead atoms. The van der Waals surface area contributed by atoms with Gasteiger partial charge < -0.3 is 5.32 Å². The van der Waals surface area contributed by atoms with Crippen molar-refractivity contribution in [1.82, 2.24) is 5.32 Å². The van der Waals surface area contributed by atoms with Crippen molar-refractivity contribution in [2.24, 2.45) is 0 Å². The Balaban J connectivity index is 2.51. The van der Waals surface area contributed by atoms with Gasteiger partial charge in [-0.05, 0) is 29.5 Å². The molecule has 1 aliphatic heterocycles. The van der Waals surface area contributed by atoms with Crippen molar-refractivity contribution in [3.63, 3.8) is 0 Å². The molecule has 0 unspecified atom stereocenters. The summed E-state index contributed by atoms with van der Waals surface area (Å²) in [5, 5.41) is 2.11. The summed E-state index contributed by atoms with van der Waals surface area (Å²) in [6.45, 7) is 0. The normalized spacial score (nSPS) is 18.2. The Morgan fingerprint density at radius 3 is 2.56 bits per heavy atom. The Morgan fingerprint density at radius 1 is 1.33 bits per heavy atom. The quantitative estimate of drug-likeness (QED) is 0.494. The third-order valence-corrected chi connectivity index (χ3v) is 4.33. The van der Waals surface area contributed by atoms with E-state index in [1.165, 1.54) is 24.3 Å². The van der Waals surface area contributed by atoms with Crippen LogP contribution in [0.4, 0.5) is 4.79 Å². The van der Waals surface area contributed by atoms with Gasteiger partial charge in [-0.3, -0.25) is 9.35 Å². The minimum atomic E-state index is -4.31. The predicted octanol–water partition coefficient (Wildman–Crippen LogP) is 2.06. The van der Waals surface area contributed by atoms with Crippen molar-refractivity contribution in [1.29, 1.82) is 0 Å². The molecule has 0 aliphatic carbocycles. The molecule has 18 heavy (non-hydrogen) atoms. The number of thioether (sulfide) groups is 1. The average Bonchev–Trinajstić information content (AvgIpc) is 2.57. The van der Waals surface area contributed by atoms with Gasteiger partial charge >= 0.3 is 0 Å². The number of rotatable bonds is 2. The van der Waals surface area contributed by atoms with Gasteiger partial charge in [0.25, 0.3) is 15.4 Å². The maximum absolute atomic E-state index is 11.2. The molecule has 1 heterocycles. The molecule has 0 aromatic heterocycles. The maximum atomic E-state index is 11.2. The van der Waals surface area contributed by atoms with Crippen LogP contribution in [-0.4, -0.2) is 23.2 Å². The molecule has 0 saturated carbocycles. The highest BCUT2D eigenvalue weighted by Gasteiger charge is 2.22. The molecule has 1 aliphatic rings. The molecule has 5 nitrogen and oxygen atoms in total. The Hall–Kier alpha value is -1.22. The number of nitrogens with one attached hydrogen (secondary N) is 1. The van der Waals surface area contributed by atoms with Gasteiger partial charge in [0.05, 0.1) is 4.91 Å². The lowest BCUT2D eigenvalue weighted by Gasteiger charge is -2.02. The van der Waals surface area contributed by atoms with E-state index in [0.717, 1.165) is 11.8 Å². The number of thiocarbonyl (C=S) groups is 1. The second kappa shape index (κ2) is 4.81. The number of amides is 1. The molecule has 1 fully saturated rings. The highest BCUT2D eigenvalue weighted by Crippen LogP contribution is 2.28. The van der Waals surface area contributed by atoms with Crippen molar-refractivity contribution in [2.45, 2.75) is 4.90 Å². The number of hydrogen-bond donors (Lipinski definition) is 2. The van der Waals surface area contributed by atoms with Crippen LogP contribution in [0.5, 0.6) is 0 Å². The van der Waals surface area contributed by atoms with Gasteiger partial charge in [-0.25, -0.2) is 0 Å². The van der Waals surface area contributed by atoms with Crippen LogP contribution in [0.25, 0.3) is 6.08 Å². The van der Waals surface area contributed by atoms with Crippen LogP contribution in [0, 0.1) is 0 Å². The van der Waals surface area contributed by atoms with E-state index in [1.807, 2.05) is 0 Å². The zero-order chi connectivity index (χ0) is 13.3. The molecule has 1 aromatic rings. The molecule has 1 saturated heterocycles. The monoisotopic (exact) mass is 301 g/mol. The van der Waals surface area contributed by atoms with E-state index in [9.17, 15) is 13.2 Å². The van der Waals surface area contributed by atoms with E-state index in [4.69, 9.17) is 16.8 Å². The zero-order valence-corrected chi connectivity index (χ0v) is 11.2. The summed E-state index contributed by atoms with van der Waals surface area (Å²) >= 11 is 5.80. The molecule has 2 N–H and O–H groups in total. The van der Waals surface area contributed by atoms with E-state index in [2.05, 4.69) is 5.32 Å². The van der Waals surface area contributed by atoms with E-state index in [1.54, 1.807) is 6.07 Å². The van der Waals surface area contributed by atoms with Gasteiger partial charge in [-0.1, -0.05) is 30.4 Å². The fourth-order valence-corrected chi connectivity index (χ4v) is 3.10. The molecule has 94 valence electrons. The third-order valence-electron chi connectivity index (χ3n) is 2.13. The lowest BCUT2D eigenvalue weighted by atomic mass is 10.2. The smallest absolute Gasteiger partial charge is 0.295 e. The molecular weight excluding hydrogens is 294 g/mol. The Bertz CT molecular complexity index is 663. The third kappa shape index (κ3) is 2.78. The number of carbonyl (C=O) groups is 1. The van der Waals surface area contributed by atoms with Crippen molar-refractivity contribution in [3.05, 3.63) is 34.7 Å². The summed E-state index contributed by atoms with van der Waals surface area (Å²) in [4.78, 5) is 11.6. The first-order valence-corrected chi connectivity index (χ1v) is 7.36. The SMILES string of the molecule is O=C1NC(=S)/C(=C\c2ccccc2S(=O)(=O)O)S1. The first-order chi connectivity index (χ1) is 8.38. The van der Waals surface area contributed by atoms with Crippen LogP contribution >= 0.6 is 24.0 Å². The Labute approximate surface area is 113 Å². The highest BCUT2D eigenvalue weighted by molar-refractivity contribution is 8.19. The minimum absolute atomic E-state index is 0.222. The number of benzene rings is 1. The largest absolute Gasteiger partial charge is 0.307 e. The summed E-state index contributed by atoms with van der Waals surface area (Å²) in [7, 11) is -4.31. The van der Waals surface area contributed by atoms with Crippen LogP contribution in [0.2, 0.25) is 0 Å². The zero-order valence-electron chi connectivity index (χ0n) is 8.78. The molecule has 1 aromatic carbocycles. The topological polar surface area (TPSA) is 83.5 Å². The lowest BCUT2D eigenvalue weighted by Crippen LogP contribution is -2.15. The van der Waals surface area contributed by atoms with Crippen LogP contribution < -0.4 is 5.32 Å². The summed E-state index contributed by atoms with van der Waals surface area (Å²) in [6, 6.07) is 5.91. The van der Waals surface area contributed by atoms with E-state index in [0.29, 0.717) is 4.91 Å². The van der Waals surface area contributed by atoms with Gasteiger partial charge in [-0.15, -0.1) is 0 Å². The molecule has 2 rings (SSSR count). The molecular formula is C10H7NO4S3. The summed E-state index contributed by atoms with van der Waals surface area (Å²) in [6.07, 6.45) is 1.45. The summed E-state index contributed by atoms with van der Waals surface area (Å²) < 4.78 is 31.4. The first kappa shape index (κ1) is 13.2. The Kier molecular flexibility index (Phi) is 3.53. The van der Waals surface area contributed by atoms with Crippen molar-refractivity contribution >= 4 is 50.4 Å². The molecule has 8 heteroatoms. The highest BCUT2D eigenvalue weighted by atomic mass is 32.2.